The quantitative estimate of drug-likeness (QED) is 0.455. The van der Waals surface area contributed by atoms with Crippen molar-refractivity contribution < 1.29 is 19.1 Å². The summed E-state index contributed by atoms with van der Waals surface area (Å²) in [5.41, 5.74) is 2.98. The Balaban J connectivity index is 1.84. The van der Waals surface area contributed by atoms with Gasteiger partial charge in [-0.1, -0.05) is 24.6 Å². The van der Waals surface area contributed by atoms with Crippen molar-refractivity contribution in [3.63, 3.8) is 0 Å². The van der Waals surface area contributed by atoms with Crippen LogP contribution in [0, 0.1) is 13.8 Å². The number of carbonyl (C=O) groups is 3. The van der Waals surface area contributed by atoms with Gasteiger partial charge in [-0.2, -0.15) is 5.10 Å². The first-order chi connectivity index (χ1) is 16.8. The van der Waals surface area contributed by atoms with E-state index in [-0.39, 0.29) is 29.7 Å². The lowest BCUT2D eigenvalue weighted by Crippen LogP contribution is -2.30. The highest BCUT2D eigenvalue weighted by molar-refractivity contribution is 6.18. The molecule has 11 heteroatoms. The Morgan fingerprint density at radius 1 is 1.23 bits per heavy atom. The van der Waals surface area contributed by atoms with Crippen LogP contribution in [0.2, 0.25) is 0 Å². The van der Waals surface area contributed by atoms with Crippen molar-refractivity contribution >= 4 is 46.5 Å². The van der Waals surface area contributed by atoms with Crippen LogP contribution >= 0.6 is 11.6 Å². The van der Waals surface area contributed by atoms with E-state index >= 15 is 0 Å². The summed E-state index contributed by atoms with van der Waals surface area (Å²) in [4.78, 5) is 44.2. The molecule has 0 spiro atoms. The van der Waals surface area contributed by atoms with Gasteiger partial charge in [0, 0.05) is 24.3 Å². The van der Waals surface area contributed by atoms with E-state index in [0.717, 1.165) is 19.3 Å². The molecule has 0 saturated heterocycles. The Bertz CT molecular complexity index is 1290. The molecule has 2 heterocycles. The highest BCUT2D eigenvalue weighted by Crippen LogP contribution is 2.34. The lowest BCUT2D eigenvalue weighted by atomic mass is 10.1. The zero-order valence-corrected chi connectivity index (χ0v) is 20.6. The van der Waals surface area contributed by atoms with Gasteiger partial charge in [0.25, 0.3) is 11.8 Å². The minimum atomic E-state index is -0.777. The lowest BCUT2D eigenvalue weighted by Gasteiger charge is -2.24. The van der Waals surface area contributed by atoms with Gasteiger partial charge < -0.3 is 15.4 Å². The first kappa shape index (κ1) is 24.5. The summed E-state index contributed by atoms with van der Waals surface area (Å²) >= 11 is 5.72. The Morgan fingerprint density at radius 2 is 2.00 bits per heavy atom. The molecule has 4 rings (SSSR count). The van der Waals surface area contributed by atoms with Crippen LogP contribution in [-0.4, -0.2) is 51.2 Å². The van der Waals surface area contributed by atoms with Gasteiger partial charge in [-0.25, -0.2) is 19.2 Å². The first-order valence-electron chi connectivity index (χ1n) is 11.4. The SMILES string of the molecule is CCCNC(=O)c1cn2ncnc(N(C(=O)OCCl)c3cc(C(=O)NC4CC4)ccc3C)c2c1C. The van der Waals surface area contributed by atoms with Crippen molar-refractivity contribution in [3.8, 4) is 0 Å². The van der Waals surface area contributed by atoms with E-state index in [4.69, 9.17) is 16.3 Å². The number of aryl methyl sites for hydroxylation is 2. The average molecular weight is 499 g/mol. The Labute approximate surface area is 207 Å². The number of anilines is 2. The number of benzene rings is 1. The number of fused-ring (bicyclic) bond motifs is 1. The molecule has 3 aromatic rings. The van der Waals surface area contributed by atoms with Crippen molar-refractivity contribution in [2.45, 2.75) is 46.1 Å². The van der Waals surface area contributed by atoms with Gasteiger partial charge in [0.05, 0.1) is 11.3 Å². The summed E-state index contributed by atoms with van der Waals surface area (Å²) < 4.78 is 6.64. The van der Waals surface area contributed by atoms with E-state index < -0.39 is 6.09 Å². The number of hydrogen-bond acceptors (Lipinski definition) is 6. The monoisotopic (exact) mass is 498 g/mol. The fourth-order valence-electron chi connectivity index (χ4n) is 3.77. The van der Waals surface area contributed by atoms with Gasteiger partial charge >= 0.3 is 6.09 Å². The molecule has 0 unspecified atom stereocenters. The summed E-state index contributed by atoms with van der Waals surface area (Å²) in [5, 5.41) is 10.0. The number of amides is 3. The van der Waals surface area contributed by atoms with Gasteiger partial charge in [-0.05, 0) is 56.4 Å². The summed E-state index contributed by atoms with van der Waals surface area (Å²) in [5.74, 6) is -0.267. The van der Waals surface area contributed by atoms with E-state index in [9.17, 15) is 14.4 Å². The van der Waals surface area contributed by atoms with Crippen molar-refractivity contribution in [2.75, 3.05) is 17.5 Å². The Hall–Kier alpha value is -3.66. The topological polar surface area (TPSA) is 118 Å². The van der Waals surface area contributed by atoms with E-state index in [1.54, 1.807) is 31.3 Å². The largest absolute Gasteiger partial charge is 0.433 e. The lowest BCUT2D eigenvalue weighted by molar-refractivity contribution is 0.0943. The molecule has 0 radical (unpaired) electrons. The van der Waals surface area contributed by atoms with E-state index in [1.807, 2.05) is 13.8 Å². The third-order valence-corrected chi connectivity index (χ3v) is 5.89. The molecule has 10 nitrogen and oxygen atoms in total. The molecule has 1 fully saturated rings. The Kier molecular flexibility index (Phi) is 7.20. The number of nitrogens with one attached hydrogen (secondary N) is 2. The molecule has 0 bridgehead atoms. The minimum Gasteiger partial charge on any atom is -0.433 e. The van der Waals surface area contributed by atoms with Crippen molar-refractivity contribution in [1.82, 2.24) is 25.2 Å². The number of carbonyl (C=O) groups excluding carboxylic acids is 3. The van der Waals surface area contributed by atoms with Crippen LogP contribution in [0.25, 0.3) is 5.52 Å². The maximum Gasteiger partial charge on any atom is 0.421 e. The molecule has 0 aliphatic heterocycles. The molecule has 0 atom stereocenters. The number of rotatable bonds is 8. The molecular formula is C24H27ClN6O4. The number of ether oxygens (including phenoxy) is 1. The number of aromatic nitrogens is 3. The van der Waals surface area contributed by atoms with Gasteiger partial charge in [0.1, 0.15) is 11.8 Å². The smallest absolute Gasteiger partial charge is 0.421 e. The van der Waals surface area contributed by atoms with Crippen molar-refractivity contribution in [2.24, 2.45) is 0 Å². The van der Waals surface area contributed by atoms with Crippen LogP contribution in [0.15, 0.2) is 30.7 Å². The van der Waals surface area contributed by atoms with E-state index in [0.29, 0.717) is 40.0 Å². The fraction of sp³-hybridized carbons (Fsp3) is 0.375. The van der Waals surface area contributed by atoms with Crippen LogP contribution in [0.1, 0.15) is 58.0 Å². The van der Waals surface area contributed by atoms with Gasteiger partial charge in [-0.3, -0.25) is 9.59 Å². The maximum atomic E-state index is 13.2. The second kappa shape index (κ2) is 10.3. The van der Waals surface area contributed by atoms with Crippen LogP contribution < -0.4 is 15.5 Å². The van der Waals surface area contributed by atoms with Crippen LogP contribution in [-0.2, 0) is 4.74 Å². The predicted octanol–water partition coefficient (Wildman–Crippen LogP) is 3.85. The minimum absolute atomic E-state index is 0.187. The number of hydrogen-bond donors (Lipinski definition) is 2. The zero-order chi connectivity index (χ0) is 25.1. The fourth-order valence-corrected chi connectivity index (χ4v) is 3.86. The summed E-state index contributed by atoms with van der Waals surface area (Å²) in [7, 11) is 0. The first-order valence-corrected chi connectivity index (χ1v) is 11.9. The average Bonchev–Trinajstić information content (AvgIpc) is 3.59. The molecular weight excluding hydrogens is 472 g/mol. The molecule has 1 aliphatic rings. The molecule has 184 valence electrons. The standard InChI is InChI=1S/C24H27ClN6O4/c1-4-9-26-23(33)18-11-30-20(15(18)3)21(27-13-28-30)31(24(34)35-12-25)19-10-16(6-5-14(19)2)22(32)29-17-7-8-17/h5-6,10-11,13,17H,4,7-9,12H2,1-3H3,(H,26,33)(H,29,32). The number of nitrogens with zero attached hydrogens (tertiary/aromatic N) is 4. The normalized spacial score (nSPS) is 12.9. The van der Waals surface area contributed by atoms with Gasteiger partial charge in [0.15, 0.2) is 11.9 Å². The van der Waals surface area contributed by atoms with E-state index in [2.05, 4.69) is 20.7 Å². The predicted molar refractivity (Wildman–Crippen MR) is 131 cm³/mol. The zero-order valence-electron chi connectivity index (χ0n) is 19.8. The highest BCUT2D eigenvalue weighted by Gasteiger charge is 2.29. The number of alkyl halides is 1. The second-order valence-corrected chi connectivity index (χ2v) is 8.62. The maximum absolute atomic E-state index is 13.2. The van der Waals surface area contributed by atoms with Crippen molar-refractivity contribution in [3.05, 3.63) is 53.0 Å². The van der Waals surface area contributed by atoms with E-state index in [1.165, 1.54) is 15.7 Å². The summed E-state index contributed by atoms with van der Waals surface area (Å²) in [6.07, 6.45) is 4.82. The molecule has 2 aromatic heterocycles. The van der Waals surface area contributed by atoms with Gasteiger partial charge in [-0.15, -0.1) is 0 Å². The second-order valence-electron chi connectivity index (χ2n) is 8.40. The summed E-state index contributed by atoms with van der Waals surface area (Å²) in [6.45, 7) is 6.08. The molecule has 3 amide bonds. The summed E-state index contributed by atoms with van der Waals surface area (Å²) in [6, 6.07) is 4.89. The third kappa shape index (κ3) is 5.07. The van der Waals surface area contributed by atoms with Crippen molar-refractivity contribution in [1.29, 1.82) is 0 Å². The molecule has 35 heavy (non-hydrogen) atoms. The number of halogens is 1. The molecule has 2 N–H and O–H groups in total. The van der Waals surface area contributed by atoms with Crippen LogP contribution in [0.3, 0.4) is 0 Å². The third-order valence-electron chi connectivity index (χ3n) is 5.78. The van der Waals surface area contributed by atoms with Gasteiger partial charge in [0.2, 0.25) is 0 Å². The molecule has 1 saturated carbocycles. The highest BCUT2D eigenvalue weighted by atomic mass is 35.5. The van der Waals surface area contributed by atoms with Crippen LogP contribution in [0.4, 0.5) is 16.3 Å². The molecule has 1 aromatic carbocycles. The van der Waals surface area contributed by atoms with Crippen LogP contribution in [0.5, 0.6) is 0 Å². The molecule has 1 aliphatic carbocycles. The Morgan fingerprint density at radius 3 is 2.69 bits per heavy atom.